The number of nitrogens with zero attached hydrogens (tertiary/aromatic N) is 2. The number of benzene rings is 2. The maximum absolute atomic E-state index is 12.5. The van der Waals surface area contributed by atoms with E-state index in [1.54, 1.807) is 16.2 Å². The third-order valence-electron chi connectivity index (χ3n) is 4.06. The number of aryl methyl sites for hydroxylation is 1. The highest BCUT2D eigenvalue weighted by Crippen LogP contribution is 2.22. The second kappa shape index (κ2) is 8.77. The average Bonchev–Trinajstić information content (AvgIpc) is 3.08. The van der Waals surface area contributed by atoms with E-state index in [4.69, 9.17) is 4.74 Å². The lowest BCUT2D eigenvalue weighted by Crippen LogP contribution is -2.39. The summed E-state index contributed by atoms with van der Waals surface area (Å²) in [5.74, 6) is -0.621. The van der Waals surface area contributed by atoms with Crippen molar-refractivity contribution in [1.29, 1.82) is 0 Å². The normalized spacial score (nSPS) is 10.9. The van der Waals surface area contributed by atoms with Gasteiger partial charge in [0.2, 0.25) is 0 Å². The Hall–Kier alpha value is -2.73. The largest absolute Gasteiger partial charge is 0.456 e. The van der Waals surface area contributed by atoms with E-state index in [1.807, 2.05) is 68.4 Å². The molecule has 5 nitrogen and oxygen atoms in total. The van der Waals surface area contributed by atoms with Crippen molar-refractivity contribution in [3.05, 3.63) is 59.6 Å². The Balaban J connectivity index is 1.52. The summed E-state index contributed by atoms with van der Waals surface area (Å²) >= 11 is 1.58. The van der Waals surface area contributed by atoms with Crippen molar-refractivity contribution in [3.63, 3.8) is 0 Å². The van der Waals surface area contributed by atoms with Gasteiger partial charge in [0.15, 0.2) is 6.61 Å². The Bertz CT molecular complexity index is 888. The SMILES string of the molecule is CC(C)N(C(=O)COC(=O)CCc1nc2ccccc2s1)c1ccccc1. The fourth-order valence-corrected chi connectivity index (χ4v) is 3.81. The molecule has 0 radical (unpaired) electrons. The summed E-state index contributed by atoms with van der Waals surface area (Å²) in [5.41, 5.74) is 1.74. The number of aromatic nitrogens is 1. The van der Waals surface area contributed by atoms with Gasteiger partial charge < -0.3 is 9.64 Å². The lowest BCUT2D eigenvalue weighted by molar-refractivity contribution is -0.147. The number of hydrogen-bond donors (Lipinski definition) is 0. The standard InChI is InChI=1S/C21H22N2O3S/c1-15(2)23(16-8-4-3-5-9-16)20(24)14-26-21(25)13-12-19-22-17-10-6-7-11-18(17)27-19/h3-11,15H,12-14H2,1-2H3. The molecule has 0 fully saturated rings. The lowest BCUT2D eigenvalue weighted by atomic mass is 10.2. The Labute approximate surface area is 162 Å². The fourth-order valence-electron chi connectivity index (χ4n) is 2.84. The van der Waals surface area contributed by atoms with Crippen molar-refractivity contribution in [3.8, 4) is 0 Å². The Morgan fingerprint density at radius 3 is 2.48 bits per heavy atom. The van der Waals surface area contributed by atoms with Crippen LogP contribution in [0.2, 0.25) is 0 Å². The van der Waals surface area contributed by atoms with Crippen molar-refractivity contribution in [2.75, 3.05) is 11.5 Å². The average molecular weight is 382 g/mol. The molecule has 0 atom stereocenters. The van der Waals surface area contributed by atoms with E-state index in [9.17, 15) is 9.59 Å². The molecule has 0 spiro atoms. The summed E-state index contributed by atoms with van der Waals surface area (Å²) in [6.45, 7) is 3.60. The molecule has 0 aliphatic carbocycles. The van der Waals surface area contributed by atoms with Crippen LogP contribution < -0.4 is 4.90 Å². The summed E-state index contributed by atoms with van der Waals surface area (Å²) in [5, 5.41) is 0.896. The number of rotatable bonds is 7. The molecule has 0 saturated heterocycles. The lowest BCUT2D eigenvalue weighted by Gasteiger charge is -2.26. The van der Waals surface area contributed by atoms with Gasteiger partial charge in [-0.1, -0.05) is 30.3 Å². The van der Waals surface area contributed by atoms with E-state index in [1.165, 1.54) is 0 Å². The molecular formula is C21H22N2O3S. The number of anilines is 1. The second-order valence-corrected chi connectivity index (χ2v) is 7.54. The number of amides is 1. The van der Waals surface area contributed by atoms with Gasteiger partial charge in [0.05, 0.1) is 21.6 Å². The highest BCUT2D eigenvalue weighted by molar-refractivity contribution is 7.18. The second-order valence-electron chi connectivity index (χ2n) is 6.43. The number of carbonyl (C=O) groups is 2. The fraction of sp³-hybridized carbons (Fsp3) is 0.286. The molecule has 3 aromatic rings. The predicted molar refractivity (Wildman–Crippen MR) is 108 cm³/mol. The van der Waals surface area contributed by atoms with Gasteiger partial charge in [-0.25, -0.2) is 4.98 Å². The van der Waals surface area contributed by atoms with Crippen LogP contribution in [0.4, 0.5) is 5.69 Å². The Morgan fingerprint density at radius 2 is 1.78 bits per heavy atom. The molecule has 0 unspecified atom stereocenters. The highest BCUT2D eigenvalue weighted by atomic mass is 32.1. The van der Waals surface area contributed by atoms with E-state index in [-0.39, 0.29) is 30.9 Å². The summed E-state index contributed by atoms with van der Waals surface area (Å²) < 4.78 is 6.30. The number of ether oxygens (including phenoxy) is 1. The van der Waals surface area contributed by atoms with Gasteiger partial charge in [-0.2, -0.15) is 0 Å². The third-order valence-corrected chi connectivity index (χ3v) is 5.15. The zero-order valence-electron chi connectivity index (χ0n) is 15.4. The summed E-state index contributed by atoms with van der Waals surface area (Å²) in [4.78, 5) is 30.7. The molecule has 3 rings (SSSR count). The first-order valence-electron chi connectivity index (χ1n) is 8.92. The number of para-hydroxylation sites is 2. The quantitative estimate of drug-likeness (QED) is 0.574. The first kappa shape index (κ1) is 19.0. The van der Waals surface area contributed by atoms with Crippen LogP contribution in [-0.2, 0) is 20.7 Å². The minimum atomic E-state index is -0.389. The maximum Gasteiger partial charge on any atom is 0.306 e. The van der Waals surface area contributed by atoms with Gasteiger partial charge in [-0.05, 0) is 38.1 Å². The van der Waals surface area contributed by atoms with Crippen LogP contribution in [0.5, 0.6) is 0 Å². The first-order valence-corrected chi connectivity index (χ1v) is 9.73. The Kier molecular flexibility index (Phi) is 6.19. The molecule has 1 amide bonds. The van der Waals surface area contributed by atoms with Crippen LogP contribution in [0.1, 0.15) is 25.3 Å². The van der Waals surface area contributed by atoms with Gasteiger partial charge >= 0.3 is 5.97 Å². The molecule has 0 saturated carbocycles. The van der Waals surface area contributed by atoms with Gasteiger partial charge in [-0.3, -0.25) is 9.59 Å². The highest BCUT2D eigenvalue weighted by Gasteiger charge is 2.20. The molecule has 6 heteroatoms. The monoisotopic (exact) mass is 382 g/mol. The van der Waals surface area contributed by atoms with Crippen LogP contribution in [0.25, 0.3) is 10.2 Å². The molecule has 0 N–H and O–H groups in total. The smallest absolute Gasteiger partial charge is 0.306 e. The van der Waals surface area contributed by atoms with Gasteiger partial charge in [0, 0.05) is 18.2 Å². The van der Waals surface area contributed by atoms with Crippen LogP contribution in [0.3, 0.4) is 0 Å². The van der Waals surface area contributed by atoms with E-state index < -0.39 is 0 Å². The minimum Gasteiger partial charge on any atom is -0.456 e. The van der Waals surface area contributed by atoms with Crippen molar-refractivity contribution >= 4 is 39.1 Å². The topological polar surface area (TPSA) is 59.5 Å². The van der Waals surface area contributed by atoms with Crippen LogP contribution in [0.15, 0.2) is 54.6 Å². The minimum absolute atomic E-state index is 0.0265. The van der Waals surface area contributed by atoms with Crippen LogP contribution >= 0.6 is 11.3 Å². The number of carbonyl (C=O) groups excluding carboxylic acids is 2. The number of fused-ring (bicyclic) bond motifs is 1. The molecule has 0 aliphatic heterocycles. The van der Waals surface area contributed by atoms with Gasteiger partial charge in [-0.15, -0.1) is 11.3 Å². The zero-order valence-corrected chi connectivity index (χ0v) is 16.2. The van der Waals surface area contributed by atoms with Crippen molar-refractivity contribution in [1.82, 2.24) is 4.98 Å². The van der Waals surface area contributed by atoms with E-state index in [2.05, 4.69) is 4.98 Å². The zero-order chi connectivity index (χ0) is 19.2. The summed E-state index contributed by atoms with van der Waals surface area (Å²) in [6, 6.07) is 17.2. The van der Waals surface area contributed by atoms with Gasteiger partial charge in [0.1, 0.15) is 0 Å². The number of esters is 1. The van der Waals surface area contributed by atoms with Crippen molar-refractivity contribution < 1.29 is 14.3 Å². The third kappa shape index (κ3) is 4.92. The van der Waals surface area contributed by atoms with E-state index >= 15 is 0 Å². The Morgan fingerprint density at radius 1 is 1.07 bits per heavy atom. The molecule has 1 aromatic heterocycles. The number of thiazole rings is 1. The molecule has 140 valence electrons. The van der Waals surface area contributed by atoms with E-state index in [0.717, 1.165) is 20.9 Å². The van der Waals surface area contributed by atoms with Crippen LogP contribution in [0, 0.1) is 0 Å². The van der Waals surface area contributed by atoms with Gasteiger partial charge in [0.25, 0.3) is 5.91 Å². The molecule has 0 bridgehead atoms. The molecule has 2 aromatic carbocycles. The predicted octanol–water partition coefficient (Wildman–Crippen LogP) is 4.21. The van der Waals surface area contributed by atoms with Crippen molar-refractivity contribution in [2.45, 2.75) is 32.7 Å². The molecule has 1 heterocycles. The maximum atomic E-state index is 12.5. The summed E-state index contributed by atoms with van der Waals surface area (Å²) in [7, 11) is 0. The summed E-state index contributed by atoms with van der Waals surface area (Å²) in [6.07, 6.45) is 0.721. The molecular weight excluding hydrogens is 360 g/mol. The number of hydrogen-bond acceptors (Lipinski definition) is 5. The molecule has 27 heavy (non-hydrogen) atoms. The first-order chi connectivity index (χ1) is 13.0. The molecule has 0 aliphatic rings. The van der Waals surface area contributed by atoms with Crippen molar-refractivity contribution in [2.24, 2.45) is 0 Å². The van der Waals surface area contributed by atoms with E-state index in [0.29, 0.717) is 6.42 Å². The van der Waals surface area contributed by atoms with Crippen LogP contribution in [-0.4, -0.2) is 29.5 Å².